The van der Waals surface area contributed by atoms with Crippen LogP contribution in [0, 0.1) is 38.5 Å². The van der Waals surface area contributed by atoms with Crippen molar-refractivity contribution in [1.29, 1.82) is 0 Å². The standard InChI is InChI=1S/C32H52O5/c1-21(2)11-9-12-22(3)13-10-14-23(4)17-19-32(8)20-18-27-26(7)30(24(5)25(6)31(27)37-32)36-29(35)16-15-28(33)34/h21-23H,9-20H2,1-8H3,(H,33,34)/t22-,23-,32-/m1/s1. The molecule has 0 aromatic heterocycles. The van der Waals surface area contributed by atoms with Gasteiger partial charge in [0.2, 0.25) is 0 Å². The van der Waals surface area contributed by atoms with Gasteiger partial charge in [0, 0.05) is 5.56 Å². The topological polar surface area (TPSA) is 72.8 Å². The van der Waals surface area contributed by atoms with E-state index in [1.54, 1.807) is 0 Å². The third kappa shape index (κ3) is 9.65. The van der Waals surface area contributed by atoms with Crippen LogP contribution in [0.2, 0.25) is 0 Å². The zero-order valence-corrected chi connectivity index (χ0v) is 24.8. The van der Waals surface area contributed by atoms with Crippen LogP contribution in [-0.2, 0) is 16.0 Å². The van der Waals surface area contributed by atoms with E-state index in [1.165, 1.54) is 44.9 Å². The SMILES string of the molecule is Cc1c(C)c2c(c(C)c1OC(=O)CCC(=O)O)CC[C@@](C)(CC[C@H](C)CCC[C@H](C)CCCC(C)C)O2. The van der Waals surface area contributed by atoms with E-state index in [0.717, 1.165) is 59.1 Å². The lowest BCUT2D eigenvalue weighted by atomic mass is 9.83. The highest BCUT2D eigenvalue weighted by atomic mass is 16.5. The van der Waals surface area contributed by atoms with Gasteiger partial charge >= 0.3 is 11.9 Å². The molecule has 5 heteroatoms. The van der Waals surface area contributed by atoms with Crippen molar-refractivity contribution >= 4 is 11.9 Å². The van der Waals surface area contributed by atoms with Crippen molar-refractivity contribution in [2.75, 3.05) is 0 Å². The fourth-order valence-electron chi connectivity index (χ4n) is 5.51. The summed E-state index contributed by atoms with van der Waals surface area (Å²) in [6.07, 6.45) is 11.7. The van der Waals surface area contributed by atoms with Gasteiger partial charge < -0.3 is 14.6 Å². The number of aliphatic carboxylic acids is 1. The number of carbonyl (C=O) groups is 2. The van der Waals surface area contributed by atoms with E-state index in [1.807, 2.05) is 20.8 Å². The van der Waals surface area contributed by atoms with Crippen LogP contribution in [0.15, 0.2) is 0 Å². The number of ether oxygens (including phenoxy) is 2. The Morgan fingerprint density at radius 3 is 2.08 bits per heavy atom. The molecule has 210 valence electrons. The largest absolute Gasteiger partial charge is 0.487 e. The van der Waals surface area contributed by atoms with Crippen LogP contribution in [0.5, 0.6) is 11.5 Å². The molecule has 2 rings (SSSR count). The highest BCUT2D eigenvalue weighted by Gasteiger charge is 2.35. The number of carbonyl (C=O) groups excluding carboxylic acids is 1. The molecule has 0 saturated carbocycles. The van der Waals surface area contributed by atoms with Crippen LogP contribution >= 0.6 is 0 Å². The first kappa shape index (κ1) is 31.2. The smallest absolute Gasteiger partial charge is 0.311 e. The number of esters is 1. The summed E-state index contributed by atoms with van der Waals surface area (Å²) in [5.41, 5.74) is 3.75. The van der Waals surface area contributed by atoms with Crippen LogP contribution in [0.1, 0.15) is 128 Å². The average molecular weight is 517 g/mol. The summed E-state index contributed by atoms with van der Waals surface area (Å²) in [6, 6.07) is 0. The van der Waals surface area contributed by atoms with Crippen molar-refractivity contribution in [3.8, 4) is 11.5 Å². The number of hydrogen-bond donors (Lipinski definition) is 1. The molecule has 1 aliphatic heterocycles. The van der Waals surface area contributed by atoms with Gasteiger partial charge in [-0.15, -0.1) is 0 Å². The molecule has 5 nitrogen and oxygen atoms in total. The second kappa shape index (κ2) is 14.2. The summed E-state index contributed by atoms with van der Waals surface area (Å²) < 4.78 is 12.3. The number of fused-ring (bicyclic) bond motifs is 1. The van der Waals surface area contributed by atoms with Gasteiger partial charge in [0.1, 0.15) is 17.1 Å². The van der Waals surface area contributed by atoms with Crippen molar-refractivity contribution in [3.63, 3.8) is 0 Å². The van der Waals surface area contributed by atoms with Gasteiger partial charge in [-0.25, -0.2) is 0 Å². The second-order valence-corrected chi connectivity index (χ2v) is 12.4. The summed E-state index contributed by atoms with van der Waals surface area (Å²) in [6.45, 7) is 17.6. The number of benzene rings is 1. The minimum absolute atomic E-state index is 0.131. The molecule has 0 unspecified atom stereocenters. The second-order valence-electron chi connectivity index (χ2n) is 12.4. The van der Waals surface area contributed by atoms with Crippen LogP contribution in [0.25, 0.3) is 0 Å². The fourth-order valence-corrected chi connectivity index (χ4v) is 5.51. The lowest BCUT2D eigenvalue weighted by Crippen LogP contribution is -2.37. The zero-order valence-electron chi connectivity index (χ0n) is 24.8. The van der Waals surface area contributed by atoms with Gasteiger partial charge in [-0.2, -0.15) is 0 Å². The van der Waals surface area contributed by atoms with Crippen LogP contribution in [0.3, 0.4) is 0 Å². The van der Waals surface area contributed by atoms with Gasteiger partial charge in [0.15, 0.2) is 0 Å². The van der Waals surface area contributed by atoms with E-state index in [4.69, 9.17) is 14.6 Å². The maximum atomic E-state index is 12.2. The lowest BCUT2D eigenvalue weighted by Gasteiger charge is -2.39. The summed E-state index contributed by atoms with van der Waals surface area (Å²) >= 11 is 0. The van der Waals surface area contributed by atoms with E-state index in [2.05, 4.69) is 34.6 Å². The Hall–Kier alpha value is -2.04. The van der Waals surface area contributed by atoms with Gasteiger partial charge in [0.25, 0.3) is 0 Å². The quantitative estimate of drug-likeness (QED) is 0.187. The van der Waals surface area contributed by atoms with Crippen molar-refractivity contribution in [2.24, 2.45) is 17.8 Å². The highest BCUT2D eigenvalue weighted by Crippen LogP contribution is 2.45. The lowest BCUT2D eigenvalue weighted by molar-refractivity contribution is -0.142. The van der Waals surface area contributed by atoms with Crippen molar-refractivity contribution in [2.45, 2.75) is 138 Å². The van der Waals surface area contributed by atoms with E-state index >= 15 is 0 Å². The Kier molecular flexibility index (Phi) is 12.0. The van der Waals surface area contributed by atoms with E-state index in [0.29, 0.717) is 11.7 Å². The van der Waals surface area contributed by atoms with E-state index in [-0.39, 0.29) is 18.4 Å². The Labute approximate surface area is 225 Å². The molecule has 0 spiro atoms. The Bertz CT molecular complexity index is 918. The molecule has 0 saturated heterocycles. The fraction of sp³-hybridized carbons (Fsp3) is 0.750. The number of carboxylic acids is 1. The maximum Gasteiger partial charge on any atom is 0.311 e. The molecule has 1 aliphatic rings. The number of hydrogen-bond acceptors (Lipinski definition) is 4. The molecular formula is C32H52O5. The van der Waals surface area contributed by atoms with Gasteiger partial charge in [0.05, 0.1) is 12.8 Å². The van der Waals surface area contributed by atoms with Crippen molar-refractivity contribution in [1.82, 2.24) is 0 Å². The highest BCUT2D eigenvalue weighted by molar-refractivity contribution is 5.79. The van der Waals surface area contributed by atoms with Crippen molar-refractivity contribution in [3.05, 3.63) is 22.3 Å². The number of rotatable bonds is 15. The Morgan fingerprint density at radius 1 is 0.892 bits per heavy atom. The monoisotopic (exact) mass is 516 g/mol. The molecule has 0 aliphatic carbocycles. The molecule has 0 fully saturated rings. The summed E-state index contributed by atoms with van der Waals surface area (Å²) in [5.74, 6) is 2.34. The first-order valence-electron chi connectivity index (χ1n) is 14.6. The average Bonchev–Trinajstić information content (AvgIpc) is 2.82. The molecule has 1 aromatic carbocycles. The minimum atomic E-state index is -0.999. The third-order valence-electron chi connectivity index (χ3n) is 8.36. The normalized spacial score (nSPS) is 18.7. The van der Waals surface area contributed by atoms with Gasteiger partial charge in [-0.3, -0.25) is 9.59 Å². The molecular weight excluding hydrogens is 464 g/mol. The van der Waals surface area contributed by atoms with Crippen LogP contribution < -0.4 is 9.47 Å². The Balaban J connectivity index is 1.92. The summed E-state index contributed by atoms with van der Waals surface area (Å²) in [5, 5.41) is 8.85. The molecule has 1 heterocycles. The first-order chi connectivity index (χ1) is 17.3. The molecule has 0 bridgehead atoms. The summed E-state index contributed by atoms with van der Waals surface area (Å²) in [7, 11) is 0. The molecule has 0 radical (unpaired) electrons. The zero-order chi connectivity index (χ0) is 27.8. The van der Waals surface area contributed by atoms with Gasteiger partial charge in [-0.05, 0) is 87.8 Å². The Morgan fingerprint density at radius 2 is 1.49 bits per heavy atom. The molecule has 1 N–H and O–H groups in total. The van der Waals surface area contributed by atoms with Crippen LogP contribution in [-0.4, -0.2) is 22.6 Å². The maximum absolute atomic E-state index is 12.2. The summed E-state index contributed by atoms with van der Waals surface area (Å²) in [4.78, 5) is 23.0. The number of carboxylic acid groups (broad SMARTS) is 1. The van der Waals surface area contributed by atoms with Crippen molar-refractivity contribution < 1.29 is 24.2 Å². The first-order valence-corrected chi connectivity index (χ1v) is 14.6. The third-order valence-corrected chi connectivity index (χ3v) is 8.36. The van der Waals surface area contributed by atoms with E-state index in [9.17, 15) is 9.59 Å². The van der Waals surface area contributed by atoms with Gasteiger partial charge in [-0.1, -0.05) is 66.2 Å². The predicted octanol–water partition coefficient (Wildman–Crippen LogP) is 8.51. The van der Waals surface area contributed by atoms with E-state index < -0.39 is 11.9 Å². The molecule has 1 aromatic rings. The molecule has 37 heavy (non-hydrogen) atoms. The van der Waals surface area contributed by atoms with Crippen LogP contribution in [0.4, 0.5) is 0 Å². The predicted molar refractivity (Wildman–Crippen MR) is 151 cm³/mol. The minimum Gasteiger partial charge on any atom is -0.487 e. The molecule has 3 atom stereocenters. The molecule has 0 amide bonds.